The van der Waals surface area contributed by atoms with E-state index in [-0.39, 0.29) is 46.6 Å². The van der Waals surface area contributed by atoms with Crippen LogP contribution < -0.4 is 16.1 Å². The number of urea groups is 1. The monoisotopic (exact) mass is 700 g/mol. The van der Waals surface area contributed by atoms with E-state index in [2.05, 4.69) is 20.6 Å². The summed E-state index contributed by atoms with van der Waals surface area (Å²) in [5.41, 5.74) is 1.29. The molecule has 1 atom stereocenters. The van der Waals surface area contributed by atoms with E-state index in [1.54, 1.807) is 34.2 Å². The standard InChI is InChI=1S/C33H39F3N8O4S/c1-5-8-37-32(48)40-28-16-22(30-39-27(19-49-30)33(34,35)36)24(17-38-28)21-6-7-26-23(15-21)29(46)25(18-44(26)10-9-41(3)4)31(47)43-13-11-42(12-14-43)20(2)45/h6-7,15-18,27H,5,8-14,19H2,1-4H3,(H2,37,38,40,48). The molecule has 4 amide bonds. The van der Waals surface area contributed by atoms with Crippen LogP contribution in [0.4, 0.5) is 23.8 Å². The molecular formula is C33H39F3N8O4S. The third-order valence-corrected chi connectivity index (χ3v) is 9.44. The van der Waals surface area contributed by atoms with Crippen LogP contribution in [0, 0.1) is 0 Å². The van der Waals surface area contributed by atoms with E-state index in [0.717, 1.165) is 11.8 Å². The molecule has 2 aliphatic heterocycles. The normalized spacial score (nSPS) is 16.7. The Labute approximate surface area is 285 Å². The number of hydrogen-bond donors (Lipinski definition) is 2. The third-order valence-electron chi connectivity index (χ3n) is 8.36. The second-order valence-corrected chi connectivity index (χ2v) is 13.2. The second kappa shape index (κ2) is 15.0. The van der Waals surface area contributed by atoms with Crippen molar-refractivity contribution in [2.24, 2.45) is 4.99 Å². The van der Waals surface area contributed by atoms with E-state index >= 15 is 0 Å². The van der Waals surface area contributed by atoms with Gasteiger partial charge in [0.1, 0.15) is 11.4 Å². The minimum atomic E-state index is -4.52. The van der Waals surface area contributed by atoms with Crippen molar-refractivity contribution < 1.29 is 27.6 Å². The number of anilines is 1. The Kier molecular flexibility index (Phi) is 11.0. The maximum atomic E-state index is 14.1. The molecule has 262 valence electrons. The number of nitrogens with one attached hydrogen (secondary N) is 2. The first-order valence-corrected chi connectivity index (χ1v) is 16.9. The number of aromatic nitrogens is 2. The van der Waals surface area contributed by atoms with Crippen molar-refractivity contribution in [3.63, 3.8) is 0 Å². The van der Waals surface area contributed by atoms with Gasteiger partial charge in [0.15, 0.2) is 6.04 Å². The number of rotatable bonds is 9. The predicted octanol–water partition coefficient (Wildman–Crippen LogP) is 3.89. The zero-order valence-electron chi connectivity index (χ0n) is 27.8. The quantitative estimate of drug-likeness (QED) is 0.347. The van der Waals surface area contributed by atoms with Gasteiger partial charge in [0.2, 0.25) is 11.3 Å². The highest BCUT2D eigenvalue weighted by Gasteiger charge is 2.43. The molecule has 1 unspecified atom stereocenters. The van der Waals surface area contributed by atoms with Gasteiger partial charge in [0, 0.05) is 87.4 Å². The molecule has 12 nitrogen and oxygen atoms in total. The van der Waals surface area contributed by atoms with E-state index < -0.39 is 29.6 Å². The van der Waals surface area contributed by atoms with Crippen LogP contribution in [0.25, 0.3) is 22.0 Å². The number of benzene rings is 1. The predicted molar refractivity (Wildman–Crippen MR) is 184 cm³/mol. The summed E-state index contributed by atoms with van der Waals surface area (Å²) in [6.07, 6.45) is -0.805. The molecule has 5 rings (SSSR count). The average Bonchev–Trinajstić information content (AvgIpc) is 3.58. The van der Waals surface area contributed by atoms with Crippen molar-refractivity contribution in [3.8, 4) is 11.1 Å². The van der Waals surface area contributed by atoms with Crippen molar-refractivity contribution in [2.75, 3.05) is 64.4 Å². The highest BCUT2D eigenvalue weighted by molar-refractivity contribution is 8.14. The molecule has 0 spiro atoms. The third kappa shape index (κ3) is 8.24. The molecule has 0 saturated carbocycles. The first-order valence-electron chi connectivity index (χ1n) is 16.0. The molecule has 0 aliphatic carbocycles. The molecule has 49 heavy (non-hydrogen) atoms. The highest BCUT2D eigenvalue weighted by atomic mass is 32.2. The largest absolute Gasteiger partial charge is 0.411 e. The van der Waals surface area contributed by atoms with E-state index in [4.69, 9.17) is 0 Å². The topological polar surface area (TPSA) is 132 Å². The van der Waals surface area contributed by atoms with E-state index in [0.29, 0.717) is 61.4 Å². The number of hydrogen-bond acceptors (Lipinski definition) is 8. The summed E-state index contributed by atoms with van der Waals surface area (Å²) in [6.45, 7) is 6.21. The molecule has 4 heterocycles. The Morgan fingerprint density at radius 2 is 1.78 bits per heavy atom. The summed E-state index contributed by atoms with van der Waals surface area (Å²) >= 11 is 0.952. The number of aliphatic imine (C=N–C) groups is 1. The number of amides is 4. The summed E-state index contributed by atoms with van der Waals surface area (Å²) in [6, 6.07) is 4.20. The number of nitrogens with zero attached hydrogens (tertiary/aromatic N) is 6. The summed E-state index contributed by atoms with van der Waals surface area (Å²) < 4.78 is 42.7. The van der Waals surface area contributed by atoms with Gasteiger partial charge in [-0.05, 0) is 44.3 Å². The summed E-state index contributed by atoms with van der Waals surface area (Å²) in [5, 5.41) is 5.68. The first-order chi connectivity index (χ1) is 23.3. The number of pyridine rings is 2. The SMILES string of the molecule is CCCNC(=O)Nc1cc(C2=NC(C(F)(F)F)CS2)c(-c2ccc3c(c2)c(=O)c(C(=O)N2CCN(C(C)=O)CC2)cn3CCN(C)C)cn1. The Balaban J connectivity index is 1.60. The first kappa shape index (κ1) is 35.9. The maximum Gasteiger partial charge on any atom is 0.411 e. The number of likely N-dealkylation sites (N-methyl/N-ethyl adjacent to an activating group) is 1. The van der Waals surface area contributed by atoms with Gasteiger partial charge in [0.05, 0.1) is 10.6 Å². The van der Waals surface area contributed by atoms with Gasteiger partial charge in [-0.25, -0.2) is 9.78 Å². The fourth-order valence-corrected chi connectivity index (χ4v) is 6.73. The number of halogens is 3. The molecule has 2 aromatic heterocycles. The van der Waals surface area contributed by atoms with E-state index in [1.165, 1.54) is 19.2 Å². The van der Waals surface area contributed by atoms with Crippen LogP contribution in [0.3, 0.4) is 0 Å². The summed E-state index contributed by atoms with van der Waals surface area (Å²) in [7, 11) is 3.83. The van der Waals surface area contributed by atoms with Gasteiger partial charge in [-0.1, -0.05) is 13.0 Å². The fourth-order valence-electron chi connectivity index (χ4n) is 5.62. The van der Waals surface area contributed by atoms with E-state index in [1.807, 2.05) is 30.5 Å². The Hall–Kier alpha value is -4.44. The van der Waals surface area contributed by atoms with E-state index in [9.17, 15) is 32.3 Å². The van der Waals surface area contributed by atoms with Gasteiger partial charge in [-0.15, -0.1) is 11.8 Å². The minimum absolute atomic E-state index is 0.0144. The second-order valence-electron chi connectivity index (χ2n) is 12.2. The number of alkyl halides is 3. The number of thioether (sulfide) groups is 1. The lowest BCUT2D eigenvalue weighted by atomic mass is 9.99. The van der Waals surface area contributed by atoms with Crippen LogP contribution in [0.15, 0.2) is 46.4 Å². The Bertz CT molecular complexity index is 1840. The van der Waals surface area contributed by atoms with Crippen LogP contribution in [-0.4, -0.2) is 118 Å². The number of carbonyl (C=O) groups is 3. The molecule has 1 saturated heterocycles. The van der Waals surface area contributed by atoms with Crippen molar-refractivity contribution in [3.05, 3.63) is 58.0 Å². The van der Waals surface area contributed by atoms with Crippen LogP contribution in [0.1, 0.15) is 36.2 Å². The summed E-state index contributed by atoms with van der Waals surface area (Å²) in [5.74, 6) is -0.686. The lowest BCUT2D eigenvalue weighted by Crippen LogP contribution is -2.50. The molecule has 0 radical (unpaired) electrons. The van der Waals surface area contributed by atoms with Gasteiger partial charge < -0.3 is 24.6 Å². The average molecular weight is 701 g/mol. The molecule has 0 bridgehead atoms. The molecule has 16 heteroatoms. The number of piperazine rings is 1. The van der Waals surface area contributed by atoms with Crippen molar-refractivity contribution in [1.29, 1.82) is 0 Å². The van der Waals surface area contributed by atoms with Crippen LogP contribution >= 0.6 is 11.8 Å². The van der Waals surface area contributed by atoms with Crippen molar-refractivity contribution in [1.82, 2.24) is 29.6 Å². The van der Waals surface area contributed by atoms with Crippen molar-refractivity contribution in [2.45, 2.75) is 39.0 Å². The fraction of sp³-hybridized carbons (Fsp3) is 0.455. The smallest absolute Gasteiger partial charge is 0.345 e. The maximum absolute atomic E-state index is 14.1. The van der Waals surface area contributed by atoms with Gasteiger partial charge in [0.25, 0.3) is 5.91 Å². The minimum Gasteiger partial charge on any atom is -0.345 e. The highest BCUT2D eigenvalue weighted by Crippen LogP contribution is 2.37. The Morgan fingerprint density at radius 3 is 2.41 bits per heavy atom. The molecule has 1 fully saturated rings. The zero-order chi connectivity index (χ0) is 35.5. The number of carbonyl (C=O) groups excluding carboxylic acids is 3. The molecule has 2 N–H and O–H groups in total. The number of fused-ring (bicyclic) bond motifs is 1. The zero-order valence-corrected chi connectivity index (χ0v) is 28.6. The lowest BCUT2D eigenvalue weighted by molar-refractivity contribution is -0.141. The van der Waals surface area contributed by atoms with Crippen LogP contribution in [-0.2, 0) is 11.3 Å². The Morgan fingerprint density at radius 1 is 1.06 bits per heavy atom. The van der Waals surface area contributed by atoms with Gasteiger partial charge in [-0.3, -0.25) is 24.7 Å². The van der Waals surface area contributed by atoms with Crippen molar-refractivity contribution >= 4 is 51.4 Å². The van der Waals surface area contributed by atoms with Gasteiger partial charge in [-0.2, -0.15) is 13.2 Å². The van der Waals surface area contributed by atoms with Gasteiger partial charge >= 0.3 is 12.2 Å². The molecule has 1 aromatic carbocycles. The molecular weight excluding hydrogens is 661 g/mol. The lowest BCUT2D eigenvalue weighted by Gasteiger charge is -2.34. The van der Waals surface area contributed by atoms with Crippen LogP contribution in [0.2, 0.25) is 0 Å². The molecule has 2 aliphatic rings. The van der Waals surface area contributed by atoms with Crippen LogP contribution in [0.5, 0.6) is 0 Å². The molecule has 3 aromatic rings. The summed E-state index contributed by atoms with van der Waals surface area (Å²) in [4.78, 5) is 65.5.